The number of carbonyl (C=O) groups excluding carboxylic acids is 1. The highest BCUT2D eigenvalue weighted by Gasteiger charge is 2.11. The van der Waals surface area contributed by atoms with Gasteiger partial charge in [0.05, 0.1) is 7.11 Å². The van der Waals surface area contributed by atoms with Gasteiger partial charge in [0.25, 0.3) is 5.91 Å². The SMILES string of the molecule is COc1cccc([C@H](C)NCc2cccc(NC(=O)c3cc(C)on3)c2)c1. The Morgan fingerprint density at radius 1 is 1.19 bits per heavy atom. The highest BCUT2D eigenvalue weighted by atomic mass is 16.5. The molecule has 1 amide bonds. The fraction of sp³-hybridized carbons (Fsp3) is 0.238. The first-order valence-corrected chi connectivity index (χ1v) is 8.76. The fourth-order valence-electron chi connectivity index (χ4n) is 2.73. The maximum Gasteiger partial charge on any atom is 0.277 e. The lowest BCUT2D eigenvalue weighted by atomic mass is 10.1. The van der Waals surface area contributed by atoms with Crippen molar-refractivity contribution in [1.29, 1.82) is 0 Å². The van der Waals surface area contributed by atoms with Crippen LogP contribution < -0.4 is 15.4 Å². The predicted octanol–water partition coefficient (Wildman–Crippen LogP) is 4.09. The maximum absolute atomic E-state index is 12.2. The Bertz CT molecular complexity index is 920. The van der Waals surface area contributed by atoms with Gasteiger partial charge >= 0.3 is 0 Å². The average Bonchev–Trinajstić information content (AvgIpc) is 3.13. The van der Waals surface area contributed by atoms with Crippen molar-refractivity contribution in [1.82, 2.24) is 10.5 Å². The van der Waals surface area contributed by atoms with E-state index in [1.807, 2.05) is 42.5 Å². The normalized spacial score (nSPS) is 11.8. The van der Waals surface area contributed by atoms with Gasteiger partial charge in [-0.05, 0) is 49.2 Å². The molecule has 1 aromatic heterocycles. The minimum atomic E-state index is -0.290. The number of anilines is 1. The molecule has 2 aromatic carbocycles. The Labute approximate surface area is 158 Å². The highest BCUT2D eigenvalue weighted by Crippen LogP contribution is 2.20. The molecular formula is C21H23N3O3. The van der Waals surface area contributed by atoms with Gasteiger partial charge < -0.3 is 19.9 Å². The van der Waals surface area contributed by atoms with Crippen molar-refractivity contribution in [2.24, 2.45) is 0 Å². The van der Waals surface area contributed by atoms with Crippen LogP contribution in [0.4, 0.5) is 5.69 Å². The van der Waals surface area contributed by atoms with Crippen molar-refractivity contribution < 1.29 is 14.1 Å². The van der Waals surface area contributed by atoms with Crippen molar-refractivity contribution in [2.75, 3.05) is 12.4 Å². The molecule has 0 aliphatic carbocycles. The van der Waals surface area contributed by atoms with Crippen LogP contribution in [0.15, 0.2) is 59.1 Å². The maximum atomic E-state index is 12.2. The molecule has 0 saturated carbocycles. The molecule has 27 heavy (non-hydrogen) atoms. The smallest absolute Gasteiger partial charge is 0.277 e. The Balaban J connectivity index is 1.61. The summed E-state index contributed by atoms with van der Waals surface area (Å²) < 4.78 is 10.2. The third-order valence-corrected chi connectivity index (χ3v) is 4.25. The number of hydrogen-bond donors (Lipinski definition) is 2. The fourth-order valence-corrected chi connectivity index (χ4v) is 2.73. The van der Waals surface area contributed by atoms with Gasteiger partial charge in [-0.1, -0.05) is 29.4 Å². The van der Waals surface area contributed by atoms with Crippen LogP contribution in [0.2, 0.25) is 0 Å². The number of carbonyl (C=O) groups is 1. The molecule has 2 N–H and O–H groups in total. The summed E-state index contributed by atoms with van der Waals surface area (Å²) in [5.41, 5.74) is 3.20. The first-order valence-electron chi connectivity index (χ1n) is 8.76. The highest BCUT2D eigenvalue weighted by molar-refractivity contribution is 6.02. The molecule has 1 heterocycles. The van der Waals surface area contributed by atoms with E-state index in [2.05, 4.69) is 28.8 Å². The number of aromatic nitrogens is 1. The van der Waals surface area contributed by atoms with Gasteiger partial charge in [-0.3, -0.25) is 4.79 Å². The van der Waals surface area contributed by atoms with Crippen LogP contribution in [0.1, 0.15) is 40.3 Å². The summed E-state index contributed by atoms with van der Waals surface area (Å²) in [6, 6.07) is 17.5. The van der Waals surface area contributed by atoms with E-state index in [0.717, 1.165) is 16.9 Å². The number of benzene rings is 2. The van der Waals surface area contributed by atoms with Crippen molar-refractivity contribution in [2.45, 2.75) is 26.4 Å². The van der Waals surface area contributed by atoms with E-state index in [9.17, 15) is 4.79 Å². The van der Waals surface area contributed by atoms with Gasteiger partial charge in [0.1, 0.15) is 11.5 Å². The lowest BCUT2D eigenvalue weighted by molar-refractivity contribution is 0.101. The van der Waals surface area contributed by atoms with Gasteiger partial charge in [0, 0.05) is 24.3 Å². The molecule has 1 atom stereocenters. The Hall–Kier alpha value is -3.12. The van der Waals surface area contributed by atoms with Crippen molar-refractivity contribution in [3.63, 3.8) is 0 Å². The first-order chi connectivity index (χ1) is 13.0. The second-order valence-electron chi connectivity index (χ2n) is 6.36. The molecule has 0 radical (unpaired) electrons. The van der Waals surface area contributed by atoms with E-state index in [4.69, 9.17) is 9.26 Å². The van der Waals surface area contributed by atoms with E-state index in [0.29, 0.717) is 18.0 Å². The lowest BCUT2D eigenvalue weighted by Crippen LogP contribution is -2.18. The molecular weight excluding hydrogens is 342 g/mol. The van der Waals surface area contributed by atoms with Crippen LogP contribution in [0, 0.1) is 6.92 Å². The summed E-state index contributed by atoms with van der Waals surface area (Å²) in [7, 11) is 1.66. The molecule has 0 saturated heterocycles. The standard InChI is InChI=1S/C21H23N3O3/c1-14-10-20(24-27-14)21(25)23-18-8-4-6-16(11-18)13-22-15(2)17-7-5-9-19(12-17)26-3/h4-12,15,22H,13H2,1-3H3,(H,23,25)/t15-/m0/s1. The number of aryl methyl sites for hydroxylation is 1. The number of nitrogens with one attached hydrogen (secondary N) is 2. The molecule has 0 fully saturated rings. The zero-order valence-electron chi connectivity index (χ0n) is 15.7. The summed E-state index contributed by atoms with van der Waals surface area (Å²) in [6.45, 7) is 4.53. The van der Waals surface area contributed by atoms with E-state index in [1.165, 1.54) is 0 Å². The topological polar surface area (TPSA) is 76.4 Å². The van der Waals surface area contributed by atoms with Crippen molar-refractivity contribution in [3.05, 3.63) is 77.2 Å². The Morgan fingerprint density at radius 2 is 2.00 bits per heavy atom. The van der Waals surface area contributed by atoms with Gasteiger partial charge in [-0.25, -0.2) is 0 Å². The van der Waals surface area contributed by atoms with E-state index in [1.54, 1.807) is 20.1 Å². The molecule has 0 aliphatic rings. The number of ether oxygens (including phenoxy) is 1. The molecule has 6 nitrogen and oxygen atoms in total. The summed E-state index contributed by atoms with van der Waals surface area (Å²) in [4.78, 5) is 12.2. The molecule has 3 rings (SSSR count). The molecule has 3 aromatic rings. The molecule has 0 bridgehead atoms. The van der Waals surface area contributed by atoms with Gasteiger partial charge in [0.15, 0.2) is 5.69 Å². The number of methoxy groups -OCH3 is 1. The van der Waals surface area contributed by atoms with Gasteiger partial charge in [-0.2, -0.15) is 0 Å². The summed E-state index contributed by atoms with van der Waals surface area (Å²) >= 11 is 0. The van der Waals surface area contributed by atoms with Crippen LogP contribution in [0.5, 0.6) is 5.75 Å². The molecule has 6 heteroatoms. The molecule has 0 aliphatic heterocycles. The molecule has 140 valence electrons. The zero-order chi connectivity index (χ0) is 19.2. The Kier molecular flexibility index (Phi) is 5.88. The van der Waals surface area contributed by atoms with Crippen LogP contribution in [-0.4, -0.2) is 18.2 Å². The molecule has 0 spiro atoms. The van der Waals surface area contributed by atoms with E-state index < -0.39 is 0 Å². The number of hydrogen-bond acceptors (Lipinski definition) is 5. The Morgan fingerprint density at radius 3 is 2.74 bits per heavy atom. The first kappa shape index (κ1) is 18.7. The van der Waals surface area contributed by atoms with Gasteiger partial charge in [-0.15, -0.1) is 0 Å². The van der Waals surface area contributed by atoms with E-state index in [-0.39, 0.29) is 17.6 Å². The minimum Gasteiger partial charge on any atom is -0.497 e. The zero-order valence-corrected chi connectivity index (χ0v) is 15.7. The second-order valence-corrected chi connectivity index (χ2v) is 6.36. The third kappa shape index (κ3) is 4.95. The third-order valence-electron chi connectivity index (χ3n) is 4.25. The minimum absolute atomic E-state index is 0.163. The van der Waals surface area contributed by atoms with Crippen LogP contribution >= 0.6 is 0 Å². The summed E-state index contributed by atoms with van der Waals surface area (Å²) in [5, 5.41) is 10.1. The largest absolute Gasteiger partial charge is 0.497 e. The molecule has 0 unspecified atom stereocenters. The monoisotopic (exact) mass is 365 g/mol. The quantitative estimate of drug-likeness (QED) is 0.659. The van der Waals surface area contributed by atoms with Crippen LogP contribution in [0.3, 0.4) is 0 Å². The van der Waals surface area contributed by atoms with E-state index >= 15 is 0 Å². The summed E-state index contributed by atoms with van der Waals surface area (Å²) in [6.07, 6.45) is 0. The van der Waals surface area contributed by atoms with Gasteiger partial charge in [0.2, 0.25) is 0 Å². The average molecular weight is 365 g/mol. The second kappa shape index (κ2) is 8.51. The van der Waals surface area contributed by atoms with Crippen molar-refractivity contribution in [3.8, 4) is 5.75 Å². The summed E-state index contributed by atoms with van der Waals surface area (Å²) in [5.74, 6) is 1.15. The lowest BCUT2D eigenvalue weighted by Gasteiger charge is -2.15. The predicted molar refractivity (Wildman–Crippen MR) is 104 cm³/mol. The number of rotatable bonds is 7. The number of nitrogens with zero attached hydrogens (tertiary/aromatic N) is 1. The number of amides is 1. The van der Waals surface area contributed by atoms with Crippen molar-refractivity contribution >= 4 is 11.6 Å². The van der Waals surface area contributed by atoms with Crippen LogP contribution in [-0.2, 0) is 6.54 Å². The van der Waals surface area contributed by atoms with Crippen LogP contribution in [0.25, 0.3) is 0 Å².